The summed E-state index contributed by atoms with van der Waals surface area (Å²) in [7, 11) is 0. The maximum Gasteiger partial charge on any atom is 0.410 e. The molecule has 1 aliphatic heterocycles. The van der Waals surface area contributed by atoms with Gasteiger partial charge < -0.3 is 14.3 Å². The summed E-state index contributed by atoms with van der Waals surface area (Å²) in [6.07, 6.45) is 2.75. The number of H-pyrrole nitrogens is 1. The maximum absolute atomic E-state index is 13.6. The van der Waals surface area contributed by atoms with Crippen molar-refractivity contribution in [3.05, 3.63) is 89.4 Å². The molecule has 1 unspecified atom stereocenters. The highest BCUT2D eigenvalue weighted by molar-refractivity contribution is 6.11. The molecule has 168 valence electrons. The van der Waals surface area contributed by atoms with Crippen LogP contribution in [0.5, 0.6) is 0 Å². The minimum absolute atomic E-state index is 0.0477. The first kappa shape index (κ1) is 21.1. The molecule has 2 aromatic heterocycles. The molecule has 33 heavy (non-hydrogen) atoms. The van der Waals surface area contributed by atoms with Crippen LogP contribution in [0.25, 0.3) is 16.6 Å². The molecule has 0 aliphatic carbocycles. The predicted octanol–water partition coefficient (Wildman–Crippen LogP) is 5.56. The van der Waals surface area contributed by atoms with Gasteiger partial charge in [-0.15, -0.1) is 0 Å². The number of ketones is 1. The van der Waals surface area contributed by atoms with E-state index in [-0.39, 0.29) is 12.4 Å². The minimum atomic E-state index is -0.508. The number of aromatic nitrogens is 2. The van der Waals surface area contributed by atoms with Gasteiger partial charge in [0.05, 0.1) is 6.04 Å². The Kier molecular flexibility index (Phi) is 5.50. The zero-order chi connectivity index (χ0) is 22.9. The second kappa shape index (κ2) is 8.62. The number of amides is 1. The number of benzene rings is 2. The van der Waals surface area contributed by atoms with E-state index < -0.39 is 12.1 Å². The van der Waals surface area contributed by atoms with E-state index in [9.17, 15) is 9.59 Å². The SMILES string of the molecule is Cc1ccc(C)n1-c1ccc2[nH]cc(C(=O)C3CCCN3C(=O)OCc3ccccc3)c2c1. The van der Waals surface area contributed by atoms with Gasteiger partial charge in [-0.3, -0.25) is 9.69 Å². The van der Waals surface area contributed by atoms with E-state index in [2.05, 4.69) is 41.6 Å². The van der Waals surface area contributed by atoms with Crippen molar-refractivity contribution in [3.63, 3.8) is 0 Å². The summed E-state index contributed by atoms with van der Waals surface area (Å²) in [5, 5.41) is 0.870. The Hall–Kier alpha value is -3.80. The van der Waals surface area contributed by atoms with Gasteiger partial charge in [0.15, 0.2) is 5.78 Å². The number of hydrogen-bond donors (Lipinski definition) is 1. The van der Waals surface area contributed by atoms with Crippen LogP contribution < -0.4 is 0 Å². The number of ether oxygens (including phenoxy) is 1. The molecular formula is C27H27N3O3. The van der Waals surface area contributed by atoms with Crippen LogP contribution in [0.2, 0.25) is 0 Å². The van der Waals surface area contributed by atoms with Crippen LogP contribution in [-0.4, -0.2) is 38.9 Å². The number of nitrogens with one attached hydrogen (secondary N) is 1. The normalized spacial score (nSPS) is 15.8. The monoisotopic (exact) mass is 441 g/mol. The second-order valence-electron chi connectivity index (χ2n) is 8.64. The van der Waals surface area contributed by atoms with Gasteiger partial charge in [-0.1, -0.05) is 30.3 Å². The maximum atomic E-state index is 13.6. The number of nitrogens with zero attached hydrogens (tertiary/aromatic N) is 2. The van der Waals surface area contributed by atoms with Gasteiger partial charge in [-0.05, 0) is 62.6 Å². The van der Waals surface area contributed by atoms with Gasteiger partial charge in [0.25, 0.3) is 0 Å². The molecule has 2 aromatic carbocycles. The molecule has 1 atom stereocenters. The summed E-state index contributed by atoms with van der Waals surface area (Å²) in [5.74, 6) is -0.0477. The molecule has 1 amide bonds. The van der Waals surface area contributed by atoms with Gasteiger partial charge >= 0.3 is 6.09 Å². The van der Waals surface area contributed by atoms with Crippen LogP contribution >= 0.6 is 0 Å². The lowest BCUT2D eigenvalue weighted by Gasteiger charge is -2.23. The van der Waals surface area contributed by atoms with E-state index >= 15 is 0 Å². The topological polar surface area (TPSA) is 67.3 Å². The van der Waals surface area contributed by atoms with Crippen molar-refractivity contribution >= 4 is 22.8 Å². The average molecular weight is 442 g/mol. The predicted molar refractivity (Wildman–Crippen MR) is 128 cm³/mol. The highest BCUT2D eigenvalue weighted by atomic mass is 16.6. The Balaban J connectivity index is 1.39. The van der Waals surface area contributed by atoms with Crippen LogP contribution in [0.15, 0.2) is 66.9 Å². The Bertz CT molecular complexity index is 1300. The number of fused-ring (bicyclic) bond motifs is 1. The summed E-state index contributed by atoms with van der Waals surface area (Å²) < 4.78 is 7.69. The van der Waals surface area contributed by atoms with Crippen LogP contribution in [0, 0.1) is 13.8 Å². The zero-order valence-corrected chi connectivity index (χ0v) is 18.9. The van der Waals surface area contributed by atoms with E-state index in [0.29, 0.717) is 18.5 Å². The number of carbonyl (C=O) groups excluding carboxylic acids is 2. The number of aromatic amines is 1. The van der Waals surface area contributed by atoms with Crippen molar-refractivity contribution in [1.29, 1.82) is 0 Å². The van der Waals surface area contributed by atoms with E-state index in [4.69, 9.17) is 4.74 Å². The molecule has 6 heteroatoms. The van der Waals surface area contributed by atoms with Crippen LogP contribution in [0.4, 0.5) is 4.79 Å². The Morgan fingerprint density at radius 2 is 1.79 bits per heavy atom. The molecule has 1 aliphatic rings. The fourth-order valence-corrected chi connectivity index (χ4v) is 4.77. The van der Waals surface area contributed by atoms with Gasteiger partial charge in [0, 0.05) is 46.3 Å². The Morgan fingerprint density at radius 1 is 1.03 bits per heavy atom. The summed E-state index contributed by atoms with van der Waals surface area (Å²) in [6.45, 7) is 4.86. The minimum Gasteiger partial charge on any atom is -0.445 e. The number of carbonyl (C=O) groups is 2. The van der Waals surface area contributed by atoms with Crippen molar-refractivity contribution in [2.75, 3.05) is 6.54 Å². The molecule has 1 N–H and O–H groups in total. The van der Waals surface area contributed by atoms with E-state index in [1.54, 1.807) is 11.1 Å². The largest absolute Gasteiger partial charge is 0.445 e. The van der Waals surface area contributed by atoms with Crippen molar-refractivity contribution in [2.24, 2.45) is 0 Å². The van der Waals surface area contributed by atoms with Crippen LogP contribution in [0.1, 0.15) is 40.2 Å². The molecule has 1 fully saturated rings. The Morgan fingerprint density at radius 3 is 2.55 bits per heavy atom. The van der Waals surface area contributed by atoms with Crippen LogP contribution in [0.3, 0.4) is 0 Å². The molecule has 0 radical (unpaired) electrons. The second-order valence-corrected chi connectivity index (χ2v) is 8.64. The first-order valence-corrected chi connectivity index (χ1v) is 11.3. The lowest BCUT2D eigenvalue weighted by Crippen LogP contribution is -2.40. The molecule has 1 saturated heterocycles. The van der Waals surface area contributed by atoms with Gasteiger partial charge in [-0.2, -0.15) is 0 Å². The highest BCUT2D eigenvalue weighted by Gasteiger charge is 2.36. The van der Waals surface area contributed by atoms with Gasteiger partial charge in [0.2, 0.25) is 0 Å². The number of hydrogen-bond acceptors (Lipinski definition) is 3. The number of rotatable bonds is 5. The first-order valence-electron chi connectivity index (χ1n) is 11.3. The molecule has 0 spiro atoms. The zero-order valence-electron chi connectivity index (χ0n) is 18.9. The highest BCUT2D eigenvalue weighted by Crippen LogP contribution is 2.29. The van der Waals surface area contributed by atoms with Crippen molar-refractivity contribution in [1.82, 2.24) is 14.5 Å². The third-order valence-electron chi connectivity index (χ3n) is 6.46. The van der Waals surface area contributed by atoms with Gasteiger partial charge in [0.1, 0.15) is 6.61 Å². The standard InChI is InChI=1S/C27H27N3O3/c1-18-10-11-19(2)30(18)21-12-13-24-22(15-21)23(16-28-24)26(31)25-9-6-14-29(25)27(32)33-17-20-7-4-3-5-8-20/h3-5,7-8,10-13,15-16,25,28H,6,9,14,17H2,1-2H3. The third kappa shape index (κ3) is 3.93. The number of aryl methyl sites for hydroxylation is 2. The number of likely N-dealkylation sites (tertiary alicyclic amines) is 1. The summed E-state index contributed by atoms with van der Waals surface area (Å²) in [6, 6.07) is 19.3. The first-order chi connectivity index (χ1) is 16.0. The number of Topliss-reactive ketones (excluding diaryl/α,β-unsaturated/α-hetero) is 1. The fourth-order valence-electron chi connectivity index (χ4n) is 4.77. The van der Waals surface area contributed by atoms with Crippen molar-refractivity contribution < 1.29 is 14.3 Å². The molecule has 3 heterocycles. The quantitative estimate of drug-likeness (QED) is 0.412. The third-order valence-corrected chi connectivity index (χ3v) is 6.46. The van der Waals surface area contributed by atoms with Gasteiger partial charge in [-0.25, -0.2) is 4.79 Å². The van der Waals surface area contributed by atoms with E-state index in [1.807, 2.05) is 42.5 Å². The lowest BCUT2D eigenvalue weighted by atomic mass is 10.0. The lowest BCUT2D eigenvalue weighted by molar-refractivity contribution is 0.0739. The molecule has 0 saturated carbocycles. The molecule has 6 nitrogen and oxygen atoms in total. The summed E-state index contributed by atoms with van der Waals surface area (Å²) >= 11 is 0. The van der Waals surface area contributed by atoms with Crippen molar-refractivity contribution in [3.8, 4) is 5.69 Å². The summed E-state index contributed by atoms with van der Waals surface area (Å²) in [4.78, 5) is 31.2. The molecule has 4 aromatic rings. The molecule has 0 bridgehead atoms. The molecule has 5 rings (SSSR count). The van der Waals surface area contributed by atoms with Crippen molar-refractivity contribution in [2.45, 2.75) is 39.3 Å². The van der Waals surface area contributed by atoms with E-state index in [0.717, 1.165) is 40.0 Å². The smallest absolute Gasteiger partial charge is 0.410 e. The Labute approximate surface area is 192 Å². The van der Waals surface area contributed by atoms with Crippen LogP contribution in [-0.2, 0) is 11.3 Å². The fraction of sp³-hybridized carbons (Fsp3) is 0.259. The summed E-state index contributed by atoms with van der Waals surface area (Å²) in [5.41, 5.74) is 5.73. The van der Waals surface area contributed by atoms with E-state index in [1.165, 1.54) is 0 Å². The average Bonchev–Trinajstić information content (AvgIpc) is 3.56. The molecular weight excluding hydrogens is 414 g/mol.